The minimum Gasteiger partial charge on any atom is -0.462 e. The minimum absolute atomic E-state index is 0.0239. The lowest BCUT2D eigenvalue weighted by atomic mass is 10.0. The minimum atomic E-state index is -0.829. The Morgan fingerprint density at radius 3 is 1.91 bits per heavy atom. The number of ether oxygens (including phenoxy) is 2. The number of pyridine rings is 1. The third-order valence-electron chi connectivity index (χ3n) is 4.34. The summed E-state index contributed by atoms with van der Waals surface area (Å²) in [5.74, 6) is -2.05. The van der Waals surface area contributed by atoms with E-state index in [1.165, 1.54) is 17.3 Å². The molecule has 2 aromatic heterocycles. The Labute approximate surface area is 194 Å². The Bertz CT molecular complexity index is 1000. The van der Waals surface area contributed by atoms with Gasteiger partial charge in [0.05, 0.1) is 13.2 Å². The summed E-state index contributed by atoms with van der Waals surface area (Å²) in [7, 11) is 0. The monoisotopic (exact) mass is 459 g/mol. The van der Waals surface area contributed by atoms with Crippen molar-refractivity contribution >= 4 is 29.6 Å². The van der Waals surface area contributed by atoms with Crippen molar-refractivity contribution in [3.05, 3.63) is 41.2 Å². The number of amides is 1. The second-order valence-corrected chi connectivity index (χ2v) is 9.35. The molecule has 180 valence electrons. The van der Waals surface area contributed by atoms with Crippen LogP contribution in [0.15, 0.2) is 28.9 Å². The second-order valence-electron chi connectivity index (χ2n) is 9.35. The fourth-order valence-electron chi connectivity index (χ4n) is 3.12. The van der Waals surface area contributed by atoms with Gasteiger partial charge in [0.2, 0.25) is 11.8 Å². The van der Waals surface area contributed by atoms with E-state index in [1.807, 2.05) is 20.8 Å². The number of furan rings is 1. The number of hydrogen-bond donors (Lipinski definition) is 1. The van der Waals surface area contributed by atoms with Gasteiger partial charge in [-0.15, -0.1) is 0 Å². The van der Waals surface area contributed by atoms with Gasteiger partial charge in [-0.05, 0) is 67.5 Å². The molecule has 2 heterocycles. The van der Waals surface area contributed by atoms with Gasteiger partial charge in [-0.25, -0.2) is 9.59 Å². The molecule has 0 atom stereocenters. The Kier molecular flexibility index (Phi) is 7.89. The van der Waals surface area contributed by atoms with Crippen LogP contribution in [0.25, 0.3) is 0 Å². The van der Waals surface area contributed by atoms with Crippen molar-refractivity contribution in [1.29, 1.82) is 0 Å². The third kappa shape index (κ3) is 6.12. The number of carbonyl (C=O) groups excluding carboxylic acids is 3. The van der Waals surface area contributed by atoms with Crippen LogP contribution in [-0.4, -0.2) is 47.1 Å². The normalized spacial score (nSPS) is 11.6. The van der Waals surface area contributed by atoms with Crippen molar-refractivity contribution in [3.63, 3.8) is 0 Å². The maximum atomic E-state index is 13.6. The molecule has 0 fully saturated rings. The first kappa shape index (κ1) is 25.9. The summed E-state index contributed by atoms with van der Waals surface area (Å²) >= 11 is 0. The molecule has 1 amide bonds. The zero-order valence-electron chi connectivity index (χ0n) is 20.6. The van der Waals surface area contributed by atoms with E-state index >= 15 is 0 Å². The average molecular weight is 460 g/mol. The molecule has 0 saturated heterocycles. The van der Waals surface area contributed by atoms with E-state index in [0.29, 0.717) is 5.56 Å². The second kappa shape index (κ2) is 10.1. The van der Waals surface area contributed by atoms with Crippen molar-refractivity contribution in [3.8, 4) is 0 Å². The summed E-state index contributed by atoms with van der Waals surface area (Å²) in [5.41, 5.74) is -1.29. The van der Waals surface area contributed by atoms with Crippen LogP contribution in [0.3, 0.4) is 0 Å². The van der Waals surface area contributed by atoms with Crippen LogP contribution in [0, 0.1) is 0 Å². The first-order chi connectivity index (χ1) is 15.3. The molecule has 2 aromatic rings. The van der Waals surface area contributed by atoms with Gasteiger partial charge >= 0.3 is 11.9 Å². The molecule has 0 bridgehead atoms. The molecule has 0 aliphatic heterocycles. The summed E-state index contributed by atoms with van der Waals surface area (Å²) < 4.78 is 16.5. The molecule has 0 radical (unpaired) electrons. The van der Waals surface area contributed by atoms with Gasteiger partial charge in [0.25, 0.3) is 5.91 Å². The summed E-state index contributed by atoms with van der Waals surface area (Å²) in [5, 5.41) is 3.11. The Morgan fingerprint density at radius 2 is 1.45 bits per heavy atom. The van der Waals surface area contributed by atoms with Crippen LogP contribution >= 0.6 is 0 Å². The van der Waals surface area contributed by atoms with E-state index in [1.54, 1.807) is 46.8 Å². The zero-order chi connectivity index (χ0) is 25.0. The number of rotatable bonds is 7. The number of aromatic nitrogens is 1. The number of hydrogen-bond acceptors (Lipinski definition) is 8. The standard InChI is InChI=1S/C24H33N3O6/c1-9-31-21(29)16-17(22(30)32-10-2)20(33-18(16)26-23(3,4)5)27(24(6,7)8)19(28)15-11-13-25-14-12-15/h11-14,26H,9-10H2,1-8H3. The van der Waals surface area contributed by atoms with Gasteiger partial charge in [-0.1, -0.05) is 0 Å². The van der Waals surface area contributed by atoms with Crippen molar-refractivity contribution in [2.75, 3.05) is 23.4 Å². The predicted octanol–water partition coefficient (Wildman–Crippen LogP) is 4.68. The number of anilines is 2. The molecule has 0 saturated carbocycles. The van der Waals surface area contributed by atoms with Crippen LogP contribution in [0.2, 0.25) is 0 Å². The van der Waals surface area contributed by atoms with Crippen molar-refractivity contribution in [1.82, 2.24) is 4.98 Å². The van der Waals surface area contributed by atoms with E-state index in [-0.39, 0.29) is 36.1 Å². The lowest BCUT2D eigenvalue weighted by molar-refractivity contribution is 0.0481. The third-order valence-corrected chi connectivity index (χ3v) is 4.34. The average Bonchev–Trinajstić information content (AvgIpc) is 3.04. The van der Waals surface area contributed by atoms with E-state index in [2.05, 4.69) is 10.3 Å². The number of nitrogens with zero attached hydrogens (tertiary/aromatic N) is 2. The highest BCUT2D eigenvalue weighted by atomic mass is 16.5. The highest BCUT2D eigenvalue weighted by molar-refractivity contribution is 6.14. The lowest BCUT2D eigenvalue weighted by Gasteiger charge is -2.34. The van der Waals surface area contributed by atoms with Crippen LogP contribution in [0.5, 0.6) is 0 Å². The van der Waals surface area contributed by atoms with Crippen molar-refractivity contribution < 1.29 is 28.3 Å². The largest absolute Gasteiger partial charge is 0.462 e. The topological polar surface area (TPSA) is 111 Å². The Hall–Kier alpha value is -3.36. The number of carbonyl (C=O) groups is 3. The Balaban J connectivity index is 2.87. The first-order valence-electron chi connectivity index (χ1n) is 10.9. The summed E-state index contributed by atoms with van der Waals surface area (Å²) in [6.45, 7) is 14.5. The Morgan fingerprint density at radius 1 is 0.939 bits per heavy atom. The van der Waals surface area contributed by atoms with Gasteiger partial charge in [0, 0.05) is 29.0 Å². The maximum absolute atomic E-state index is 13.6. The van der Waals surface area contributed by atoms with Crippen molar-refractivity contribution in [2.24, 2.45) is 0 Å². The van der Waals surface area contributed by atoms with Gasteiger partial charge in [0.15, 0.2) is 0 Å². The van der Waals surface area contributed by atoms with Gasteiger partial charge < -0.3 is 19.2 Å². The first-order valence-corrected chi connectivity index (χ1v) is 10.9. The van der Waals surface area contributed by atoms with Crippen LogP contribution in [0.1, 0.15) is 86.5 Å². The van der Waals surface area contributed by atoms with Crippen molar-refractivity contribution in [2.45, 2.75) is 66.5 Å². The van der Waals surface area contributed by atoms with Crippen LogP contribution in [0.4, 0.5) is 11.8 Å². The molecule has 0 aromatic carbocycles. The molecule has 33 heavy (non-hydrogen) atoms. The number of esters is 2. The SMILES string of the molecule is CCOC(=O)c1c(NC(C)(C)C)oc(N(C(=O)c2ccncc2)C(C)(C)C)c1C(=O)OCC. The van der Waals surface area contributed by atoms with E-state index in [0.717, 1.165) is 0 Å². The highest BCUT2D eigenvalue weighted by Crippen LogP contribution is 2.40. The fraction of sp³-hybridized carbons (Fsp3) is 0.500. The summed E-state index contributed by atoms with van der Waals surface area (Å²) in [6, 6.07) is 3.13. The lowest BCUT2D eigenvalue weighted by Crippen LogP contribution is -2.46. The quantitative estimate of drug-likeness (QED) is 0.594. The molecule has 2 rings (SSSR count). The molecule has 1 N–H and O–H groups in total. The molecule has 0 spiro atoms. The molecule has 0 unspecified atom stereocenters. The van der Waals surface area contributed by atoms with E-state index in [9.17, 15) is 14.4 Å². The molecule has 9 nitrogen and oxygen atoms in total. The zero-order valence-corrected chi connectivity index (χ0v) is 20.6. The molecule has 0 aliphatic rings. The van der Waals surface area contributed by atoms with Gasteiger partial charge in [-0.3, -0.25) is 14.7 Å². The maximum Gasteiger partial charge on any atom is 0.344 e. The van der Waals surface area contributed by atoms with Gasteiger partial charge in [-0.2, -0.15) is 0 Å². The van der Waals surface area contributed by atoms with E-state index < -0.39 is 28.9 Å². The fourth-order valence-corrected chi connectivity index (χ4v) is 3.12. The molecule has 0 aliphatic carbocycles. The smallest absolute Gasteiger partial charge is 0.344 e. The highest BCUT2D eigenvalue weighted by Gasteiger charge is 2.41. The van der Waals surface area contributed by atoms with Gasteiger partial charge in [0.1, 0.15) is 11.1 Å². The van der Waals surface area contributed by atoms with E-state index in [4.69, 9.17) is 13.9 Å². The van der Waals surface area contributed by atoms with Crippen LogP contribution in [-0.2, 0) is 9.47 Å². The predicted molar refractivity (Wildman–Crippen MR) is 125 cm³/mol. The molecular formula is C24H33N3O6. The number of nitrogens with one attached hydrogen (secondary N) is 1. The summed E-state index contributed by atoms with van der Waals surface area (Å²) in [4.78, 5) is 44.9. The summed E-state index contributed by atoms with van der Waals surface area (Å²) in [6.07, 6.45) is 3.00. The van der Waals surface area contributed by atoms with Crippen LogP contribution < -0.4 is 10.2 Å². The molecular weight excluding hydrogens is 426 g/mol. The molecule has 9 heteroatoms.